The lowest BCUT2D eigenvalue weighted by atomic mass is 10.1. The predicted octanol–water partition coefficient (Wildman–Crippen LogP) is 3.66. The lowest BCUT2D eigenvalue weighted by molar-refractivity contribution is 0.590. The van der Waals surface area contributed by atoms with Crippen LogP contribution >= 0.6 is 11.6 Å². The SMILES string of the molecule is Cc1ccc(S(=O)(=O)N2CC(C)c3c2nc(Cl)n2c(=O)c4c(F)cccc4nc32)cc1. The lowest BCUT2D eigenvalue weighted by Gasteiger charge is -2.19. The molecule has 0 amide bonds. The number of hydrogen-bond acceptors (Lipinski definition) is 5. The summed E-state index contributed by atoms with van der Waals surface area (Å²) >= 11 is 6.30. The maximum absolute atomic E-state index is 14.3. The molecule has 1 unspecified atom stereocenters. The summed E-state index contributed by atoms with van der Waals surface area (Å²) in [5, 5.41) is -0.479. The molecule has 0 bridgehead atoms. The van der Waals surface area contributed by atoms with Crippen molar-refractivity contribution >= 4 is 44.0 Å². The van der Waals surface area contributed by atoms with Gasteiger partial charge in [0.25, 0.3) is 15.6 Å². The molecule has 158 valence electrons. The van der Waals surface area contributed by atoms with E-state index in [0.717, 1.165) is 9.96 Å². The fourth-order valence-corrected chi connectivity index (χ4v) is 5.70. The summed E-state index contributed by atoms with van der Waals surface area (Å²) in [6, 6.07) is 10.7. The van der Waals surface area contributed by atoms with E-state index in [4.69, 9.17) is 11.6 Å². The van der Waals surface area contributed by atoms with Crippen LogP contribution in [0, 0.1) is 12.7 Å². The van der Waals surface area contributed by atoms with Crippen molar-refractivity contribution in [1.82, 2.24) is 14.4 Å². The fraction of sp³-hybridized carbons (Fsp3) is 0.190. The minimum atomic E-state index is -3.91. The summed E-state index contributed by atoms with van der Waals surface area (Å²) in [4.78, 5) is 21.8. The zero-order valence-electron chi connectivity index (χ0n) is 16.5. The Labute approximate surface area is 181 Å². The second-order valence-electron chi connectivity index (χ2n) is 7.58. The van der Waals surface area contributed by atoms with E-state index in [1.54, 1.807) is 12.1 Å². The van der Waals surface area contributed by atoms with Gasteiger partial charge >= 0.3 is 0 Å². The number of aryl methyl sites for hydroxylation is 1. The van der Waals surface area contributed by atoms with Gasteiger partial charge in [-0.3, -0.25) is 4.79 Å². The monoisotopic (exact) mass is 458 g/mol. The van der Waals surface area contributed by atoms with Crippen molar-refractivity contribution in [2.24, 2.45) is 0 Å². The number of nitrogens with zero attached hydrogens (tertiary/aromatic N) is 4. The first-order valence-corrected chi connectivity index (χ1v) is 11.3. The third-order valence-corrected chi connectivity index (χ3v) is 7.51. The normalized spacial score (nSPS) is 16.3. The molecule has 3 heterocycles. The van der Waals surface area contributed by atoms with Crippen LogP contribution in [0.15, 0.2) is 52.2 Å². The summed E-state index contributed by atoms with van der Waals surface area (Å²) in [5.74, 6) is -0.897. The van der Waals surface area contributed by atoms with E-state index in [1.165, 1.54) is 34.6 Å². The van der Waals surface area contributed by atoms with Crippen molar-refractivity contribution in [3.05, 3.63) is 75.0 Å². The van der Waals surface area contributed by atoms with Crippen LogP contribution < -0.4 is 9.86 Å². The van der Waals surface area contributed by atoms with E-state index in [2.05, 4.69) is 9.97 Å². The van der Waals surface area contributed by atoms with Gasteiger partial charge in [0.15, 0.2) is 5.82 Å². The van der Waals surface area contributed by atoms with E-state index >= 15 is 0 Å². The third-order valence-electron chi connectivity index (χ3n) is 5.49. The van der Waals surface area contributed by atoms with Crippen LogP contribution in [0.2, 0.25) is 5.28 Å². The minimum absolute atomic E-state index is 0.117. The van der Waals surface area contributed by atoms with Gasteiger partial charge < -0.3 is 0 Å². The summed E-state index contributed by atoms with van der Waals surface area (Å²) in [6.45, 7) is 3.81. The number of benzene rings is 2. The van der Waals surface area contributed by atoms with Gasteiger partial charge in [-0.05, 0) is 42.8 Å². The number of fused-ring (bicyclic) bond motifs is 4. The number of halogens is 2. The summed E-state index contributed by atoms with van der Waals surface area (Å²) < 4.78 is 43.2. The Morgan fingerprint density at radius 2 is 1.84 bits per heavy atom. The van der Waals surface area contributed by atoms with Gasteiger partial charge in [-0.2, -0.15) is 0 Å². The number of rotatable bonds is 2. The molecule has 0 fully saturated rings. The molecule has 1 aliphatic heterocycles. The standard InChI is InChI=1S/C21H16ClFN4O3S/c1-11-6-8-13(9-7-11)31(29,30)26-10-12(2)16-18(26)25-21(22)27-19(16)24-15-5-3-4-14(23)17(15)20(27)28/h3-9,12H,10H2,1-2H3. The van der Waals surface area contributed by atoms with Crippen LogP contribution in [0.1, 0.15) is 24.0 Å². The third kappa shape index (κ3) is 2.84. The van der Waals surface area contributed by atoms with Crippen molar-refractivity contribution in [2.45, 2.75) is 24.7 Å². The van der Waals surface area contributed by atoms with Crippen molar-refractivity contribution < 1.29 is 12.8 Å². The smallest absolute Gasteiger partial charge is 0.268 e. The Kier molecular flexibility index (Phi) is 4.32. The first-order chi connectivity index (χ1) is 14.7. The highest BCUT2D eigenvalue weighted by Gasteiger charge is 2.39. The Bertz CT molecular complexity index is 1550. The highest BCUT2D eigenvalue weighted by Crippen LogP contribution is 2.41. The lowest BCUT2D eigenvalue weighted by Crippen LogP contribution is -2.30. The molecule has 1 atom stereocenters. The van der Waals surface area contributed by atoms with Gasteiger partial charge in [0.05, 0.1) is 10.4 Å². The van der Waals surface area contributed by atoms with Crippen molar-refractivity contribution in [3.8, 4) is 0 Å². The topological polar surface area (TPSA) is 84.6 Å². The van der Waals surface area contributed by atoms with E-state index in [0.29, 0.717) is 5.56 Å². The largest absolute Gasteiger partial charge is 0.271 e. The number of sulfonamides is 1. The molecule has 5 rings (SSSR count). The highest BCUT2D eigenvalue weighted by atomic mass is 35.5. The van der Waals surface area contributed by atoms with Crippen LogP contribution in [0.25, 0.3) is 16.6 Å². The molecule has 1 aliphatic rings. The molecule has 2 aromatic heterocycles. The van der Waals surface area contributed by atoms with Gasteiger partial charge in [-0.25, -0.2) is 31.5 Å². The molecular formula is C21H16ClFN4O3S. The maximum Gasteiger partial charge on any atom is 0.271 e. The highest BCUT2D eigenvalue weighted by molar-refractivity contribution is 7.92. The molecule has 0 radical (unpaired) electrons. The van der Waals surface area contributed by atoms with Gasteiger partial charge in [0.1, 0.15) is 16.9 Å². The Morgan fingerprint density at radius 1 is 1.13 bits per heavy atom. The zero-order valence-corrected chi connectivity index (χ0v) is 18.1. The molecule has 0 saturated heterocycles. The van der Waals surface area contributed by atoms with Crippen molar-refractivity contribution in [1.29, 1.82) is 0 Å². The summed E-state index contributed by atoms with van der Waals surface area (Å²) in [7, 11) is -3.91. The first-order valence-electron chi connectivity index (χ1n) is 9.50. The van der Waals surface area contributed by atoms with Gasteiger partial charge in [0, 0.05) is 18.0 Å². The molecule has 0 saturated carbocycles. The number of hydrogen-bond donors (Lipinski definition) is 0. The van der Waals surface area contributed by atoms with Gasteiger partial charge in [-0.1, -0.05) is 30.7 Å². The van der Waals surface area contributed by atoms with Gasteiger partial charge in [-0.15, -0.1) is 0 Å². The maximum atomic E-state index is 14.3. The molecule has 2 aromatic carbocycles. The predicted molar refractivity (Wildman–Crippen MR) is 116 cm³/mol. The quantitative estimate of drug-likeness (QED) is 0.338. The van der Waals surface area contributed by atoms with Crippen LogP contribution in [0.4, 0.5) is 10.2 Å². The average molecular weight is 459 g/mol. The molecule has 10 heteroatoms. The van der Waals surface area contributed by atoms with E-state index in [1.807, 2.05) is 13.8 Å². The minimum Gasteiger partial charge on any atom is -0.268 e. The molecule has 0 N–H and O–H groups in total. The second kappa shape index (κ2) is 6.73. The molecule has 31 heavy (non-hydrogen) atoms. The van der Waals surface area contributed by atoms with Crippen LogP contribution in [0.5, 0.6) is 0 Å². The number of anilines is 1. The van der Waals surface area contributed by atoms with E-state index in [9.17, 15) is 17.6 Å². The average Bonchev–Trinajstić information content (AvgIpc) is 3.05. The molecular weight excluding hydrogens is 443 g/mol. The fourth-order valence-electron chi connectivity index (χ4n) is 3.95. The van der Waals surface area contributed by atoms with Crippen molar-refractivity contribution in [2.75, 3.05) is 10.8 Å². The summed E-state index contributed by atoms with van der Waals surface area (Å²) in [6.07, 6.45) is 0. The first kappa shape index (κ1) is 19.9. The van der Waals surface area contributed by atoms with E-state index in [-0.39, 0.29) is 45.0 Å². The second-order valence-corrected chi connectivity index (χ2v) is 9.78. The Morgan fingerprint density at radius 3 is 2.55 bits per heavy atom. The van der Waals surface area contributed by atoms with E-state index < -0.39 is 21.4 Å². The molecule has 0 aliphatic carbocycles. The van der Waals surface area contributed by atoms with Crippen LogP contribution in [-0.4, -0.2) is 29.3 Å². The Hall–Kier alpha value is -3.04. The molecule has 4 aromatic rings. The molecule has 7 nitrogen and oxygen atoms in total. The van der Waals surface area contributed by atoms with Crippen LogP contribution in [-0.2, 0) is 10.0 Å². The van der Waals surface area contributed by atoms with Crippen LogP contribution in [0.3, 0.4) is 0 Å². The number of aromatic nitrogens is 3. The summed E-state index contributed by atoms with van der Waals surface area (Å²) in [5.41, 5.74) is 1.06. The zero-order chi connectivity index (χ0) is 22.1. The van der Waals surface area contributed by atoms with Crippen molar-refractivity contribution in [3.63, 3.8) is 0 Å². The molecule has 0 spiro atoms. The van der Waals surface area contributed by atoms with Gasteiger partial charge in [0.2, 0.25) is 5.28 Å². The Balaban J connectivity index is 1.81.